The summed E-state index contributed by atoms with van der Waals surface area (Å²) in [6.45, 7) is 0. The monoisotopic (exact) mass is 889 g/mol. The standard InChI is InChI=1S/C69H47N/c1-6-22-48(23-7-1)52-28-20-33-57(46-52)70(65-39-21-38-64-68(65)61-36-18-19-37-63(61)69(64,54-29-12-4-13-30-54)55-31-14-5-15-32-55)56-43-40-49(41-44-56)53-42-45-59-58-34-16-17-35-60(58)66(50-24-8-2-9-25-50)67(62(59)47-53)51-26-10-3-11-27-51/h1-47H. The normalized spacial score (nSPS) is 12.4. The van der Waals surface area contributed by atoms with Gasteiger partial charge in [-0.1, -0.05) is 249 Å². The van der Waals surface area contributed by atoms with Crippen LogP contribution in [0.5, 0.6) is 0 Å². The van der Waals surface area contributed by atoms with Gasteiger partial charge in [0.1, 0.15) is 0 Å². The molecule has 0 heterocycles. The molecule has 0 aromatic heterocycles. The van der Waals surface area contributed by atoms with Gasteiger partial charge in [-0.15, -0.1) is 0 Å². The number of rotatable bonds is 9. The first kappa shape index (κ1) is 41.2. The van der Waals surface area contributed by atoms with E-state index in [0.29, 0.717) is 0 Å². The minimum Gasteiger partial charge on any atom is -0.310 e. The Hall–Kier alpha value is -9.04. The number of benzene rings is 12. The van der Waals surface area contributed by atoms with E-state index in [1.165, 1.54) is 93.9 Å². The third-order valence-electron chi connectivity index (χ3n) is 14.5. The van der Waals surface area contributed by atoms with E-state index in [4.69, 9.17) is 0 Å². The fourth-order valence-electron chi connectivity index (χ4n) is 11.5. The lowest BCUT2D eigenvalue weighted by atomic mass is 9.68. The predicted octanol–water partition coefficient (Wildman–Crippen LogP) is 18.5. The fraction of sp³-hybridized carbons (Fsp3) is 0.0145. The summed E-state index contributed by atoms with van der Waals surface area (Å²) in [7, 11) is 0. The Balaban J connectivity index is 1.02. The van der Waals surface area contributed by atoms with Crippen molar-refractivity contribution >= 4 is 38.6 Å². The first-order valence-corrected chi connectivity index (χ1v) is 24.3. The van der Waals surface area contributed by atoms with E-state index in [9.17, 15) is 0 Å². The summed E-state index contributed by atoms with van der Waals surface area (Å²) >= 11 is 0. The van der Waals surface area contributed by atoms with Gasteiger partial charge in [-0.25, -0.2) is 0 Å². The molecule has 1 aliphatic rings. The third-order valence-corrected chi connectivity index (χ3v) is 14.5. The Morgan fingerprint density at radius 1 is 0.243 bits per heavy atom. The van der Waals surface area contributed by atoms with Crippen LogP contribution in [0, 0.1) is 0 Å². The molecule has 0 radical (unpaired) electrons. The Labute approximate surface area is 409 Å². The van der Waals surface area contributed by atoms with E-state index in [0.717, 1.165) is 22.6 Å². The molecule has 1 aliphatic carbocycles. The van der Waals surface area contributed by atoms with Crippen LogP contribution in [0.25, 0.3) is 77.2 Å². The lowest BCUT2D eigenvalue weighted by Gasteiger charge is -2.34. The topological polar surface area (TPSA) is 3.24 Å². The maximum absolute atomic E-state index is 2.48. The summed E-state index contributed by atoms with van der Waals surface area (Å²) in [6, 6.07) is 105. The highest BCUT2D eigenvalue weighted by Crippen LogP contribution is 2.59. The number of fused-ring (bicyclic) bond motifs is 6. The van der Waals surface area contributed by atoms with Gasteiger partial charge in [0.2, 0.25) is 0 Å². The van der Waals surface area contributed by atoms with E-state index in [1.54, 1.807) is 0 Å². The van der Waals surface area contributed by atoms with Gasteiger partial charge in [0.25, 0.3) is 0 Å². The van der Waals surface area contributed by atoms with E-state index in [1.807, 2.05) is 0 Å². The molecule has 0 saturated heterocycles. The second-order valence-corrected chi connectivity index (χ2v) is 18.3. The molecular weight excluding hydrogens is 843 g/mol. The van der Waals surface area contributed by atoms with Crippen molar-refractivity contribution in [1.82, 2.24) is 0 Å². The Kier molecular flexibility index (Phi) is 10.1. The molecule has 0 unspecified atom stereocenters. The molecule has 1 nitrogen and oxygen atoms in total. The third kappa shape index (κ3) is 6.70. The molecule has 0 spiro atoms. The Morgan fingerprint density at radius 3 is 1.36 bits per heavy atom. The van der Waals surface area contributed by atoms with Crippen LogP contribution in [0.4, 0.5) is 17.1 Å². The van der Waals surface area contributed by atoms with Gasteiger partial charge in [-0.2, -0.15) is 0 Å². The van der Waals surface area contributed by atoms with Gasteiger partial charge in [-0.05, 0) is 130 Å². The molecule has 12 aromatic carbocycles. The van der Waals surface area contributed by atoms with Crippen LogP contribution in [0.2, 0.25) is 0 Å². The summed E-state index contributed by atoms with van der Waals surface area (Å²) < 4.78 is 0. The predicted molar refractivity (Wildman–Crippen MR) is 295 cm³/mol. The van der Waals surface area contributed by atoms with Gasteiger partial charge >= 0.3 is 0 Å². The molecule has 0 N–H and O–H groups in total. The van der Waals surface area contributed by atoms with Gasteiger partial charge < -0.3 is 4.90 Å². The molecule has 12 aromatic rings. The second kappa shape index (κ2) is 17.2. The average Bonchev–Trinajstić information content (AvgIpc) is 3.76. The van der Waals surface area contributed by atoms with Crippen LogP contribution >= 0.6 is 0 Å². The van der Waals surface area contributed by atoms with Crippen LogP contribution in [0.3, 0.4) is 0 Å². The molecule has 0 bridgehead atoms. The van der Waals surface area contributed by atoms with Gasteiger partial charge in [0, 0.05) is 16.9 Å². The maximum Gasteiger partial charge on any atom is 0.0714 e. The lowest BCUT2D eigenvalue weighted by molar-refractivity contribution is 0.768. The summed E-state index contributed by atoms with van der Waals surface area (Å²) in [5.41, 5.74) is 20.0. The van der Waals surface area contributed by atoms with E-state index >= 15 is 0 Å². The van der Waals surface area contributed by atoms with Gasteiger partial charge in [0.15, 0.2) is 0 Å². The van der Waals surface area contributed by atoms with Crippen molar-refractivity contribution in [2.45, 2.75) is 5.41 Å². The first-order chi connectivity index (χ1) is 34.8. The number of hydrogen-bond acceptors (Lipinski definition) is 1. The van der Waals surface area contributed by atoms with E-state index < -0.39 is 5.41 Å². The van der Waals surface area contributed by atoms with Crippen molar-refractivity contribution < 1.29 is 0 Å². The SMILES string of the molecule is c1ccc(-c2cccc(N(c3ccc(-c4ccc5c(c4)c(-c4ccccc4)c(-c4ccccc4)c4ccccc45)cc3)c3cccc4c3-c3ccccc3C4(c3ccccc3)c3ccccc3)c2)cc1. The summed E-state index contributed by atoms with van der Waals surface area (Å²) in [5, 5.41) is 5.00. The largest absolute Gasteiger partial charge is 0.310 e. The highest BCUT2D eigenvalue weighted by atomic mass is 15.1. The summed E-state index contributed by atoms with van der Waals surface area (Å²) in [6.07, 6.45) is 0. The van der Waals surface area contributed by atoms with Crippen molar-refractivity contribution in [2.75, 3.05) is 4.90 Å². The fourth-order valence-corrected chi connectivity index (χ4v) is 11.5. The van der Waals surface area contributed by atoms with Crippen LogP contribution < -0.4 is 4.90 Å². The van der Waals surface area contributed by atoms with Crippen molar-refractivity contribution in [3.63, 3.8) is 0 Å². The van der Waals surface area contributed by atoms with E-state index in [2.05, 4.69) is 290 Å². The zero-order valence-corrected chi connectivity index (χ0v) is 38.6. The summed E-state index contributed by atoms with van der Waals surface area (Å²) in [4.78, 5) is 2.48. The summed E-state index contributed by atoms with van der Waals surface area (Å²) in [5.74, 6) is 0. The van der Waals surface area contributed by atoms with Gasteiger partial charge in [0.05, 0.1) is 11.1 Å². The number of anilines is 3. The second-order valence-electron chi connectivity index (χ2n) is 18.3. The lowest BCUT2D eigenvalue weighted by Crippen LogP contribution is -2.28. The van der Waals surface area contributed by atoms with Crippen molar-refractivity contribution in [1.29, 1.82) is 0 Å². The molecular formula is C69H47N. The molecule has 70 heavy (non-hydrogen) atoms. The minimum absolute atomic E-state index is 0.522. The zero-order valence-electron chi connectivity index (χ0n) is 38.6. The molecule has 0 saturated carbocycles. The smallest absolute Gasteiger partial charge is 0.0714 e. The van der Waals surface area contributed by atoms with E-state index in [-0.39, 0.29) is 0 Å². The van der Waals surface area contributed by atoms with Gasteiger partial charge in [-0.3, -0.25) is 0 Å². The van der Waals surface area contributed by atoms with Crippen molar-refractivity contribution in [3.8, 4) is 55.6 Å². The Bertz CT molecular complexity index is 3800. The zero-order chi connectivity index (χ0) is 46.4. The van der Waals surface area contributed by atoms with Crippen molar-refractivity contribution in [2.24, 2.45) is 0 Å². The van der Waals surface area contributed by atoms with Crippen LogP contribution in [-0.4, -0.2) is 0 Å². The number of nitrogens with zero attached hydrogens (tertiary/aromatic N) is 1. The first-order valence-electron chi connectivity index (χ1n) is 24.3. The molecule has 0 atom stereocenters. The van der Waals surface area contributed by atoms with Crippen LogP contribution in [-0.2, 0) is 5.41 Å². The Morgan fingerprint density at radius 2 is 0.700 bits per heavy atom. The number of hydrogen-bond donors (Lipinski definition) is 0. The molecule has 1 heteroatoms. The molecule has 0 amide bonds. The average molecular weight is 890 g/mol. The molecule has 0 fully saturated rings. The van der Waals surface area contributed by atoms with Crippen LogP contribution in [0.15, 0.2) is 285 Å². The molecule has 0 aliphatic heterocycles. The van der Waals surface area contributed by atoms with Crippen molar-refractivity contribution in [3.05, 3.63) is 307 Å². The maximum atomic E-state index is 2.48. The minimum atomic E-state index is -0.522. The van der Waals surface area contributed by atoms with Crippen LogP contribution in [0.1, 0.15) is 22.3 Å². The highest BCUT2D eigenvalue weighted by molar-refractivity contribution is 6.22. The highest BCUT2D eigenvalue weighted by Gasteiger charge is 2.47. The molecule has 13 rings (SSSR count). The molecule has 328 valence electrons. The quantitative estimate of drug-likeness (QED) is 0.131.